The Bertz CT molecular complexity index is 3700. The van der Waals surface area contributed by atoms with Crippen LogP contribution in [0.2, 0.25) is 18.1 Å². The molecule has 7 heterocycles. The van der Waals surface area contributed by atoms with Gasteiger partial charge in [0, 0.05) is 11.8 Å². The number of benzene rings is 2. The second-order valence-electron chi connectivity index (χ2n) is 24.6. The van der Waals surface area contributed by atoms with Gasteiger partial charge in [-0.15, -0.1) is 0 Å². The first-order valence-electron chi connectivity index (χ1n) is 28.5. The van der Waals surface area contributed by atoms with E-state index in [1.807, 2.05) is 64.2 Å². The van der Waals surface area contributed by atoms with Crippen LogP contribution in [-0.4, -0.2) is 120 Å². The maximum absolute atomic E-state index is 14.0. The molecule has 2 aromatic carbocycles. The lowest BCUT2D eigenvalue weighted by Crippen LogP contribution is -2.60. The molecule has 6 aromatic rings. The molecule has 5 fully saturated rings. The average Bonchev–Trinajstić information content (AvgIpc) is 1.52. The van der Waals surface area contributed by atoms with Gasteiger partial charge in [-0.3, -0.25) is 53.1 Å². The first-order chi connectivity index (χ1) is 40.0. The standard InChI is InChI=1S/C32H44F3N5O8SSi.C25H29N5O5/c1-9-31(30(15-16-30)48-50(7,8)29(4,5)6)23(45-17-20-13-11-10-12-14-20)22(47-49(43,44)32(33,34)35)27(46-31)40-18-36-21-24(40)37-28(39-26(21)42)38-25(41)19(2)3;1-4-25-18(33-12-15-8-6-5-7-9-15)17(34-24(25)10-11-24)22(35-25)30-13-26-16-19(30)27-23(29-21(16)32)28-20(31)14(2)3/h10-14,18-19,22-23,27H,9,15-17H2,1-8H3,(H2,37,38,39,41,42);5-9,13-14,17-18,22H,4,10-12H2,1-3H3,(H2,27,28,29,31,32)/t22?,23-,27-,31-;17?,18-,22-,25-/m11/s1. The number of anilines is 2. The summed E-state index contributed by atoms with van der Waals surface area (Å²) in [5.41, 5.74) is -8.70. The number of aromatic nitrogens is 8. The third-order valence-electron chi connectivity index (χ3n) is 17.4. The van der Waals surface area contributed by atoms with Crippen LogP contribution in [0.3, 0.4) is 0 Å². The maximum Gasteiger partial charge on any atom is 0.523 e. The molecule has 2 aliphatic carbocycles. The predicted octanol–water partition coefficient (Wildman–Crippen LogP) is 8.67. The van der Waals surface area contributed by atoms with E-state index in [1.165, 1.54) is 0 Å². The average molecular weight is 1220 g/mol. The van der Waals surface area contributed by atoms with Crippen LogP contribution in [0.5, 0.6) is 0 Å². The van der Waals surface area contributed by atoms with E-state index in [2.05, 4.69) is 47.5 Å². The number of H-pyrrole nitrogens is 2. The molecule has 0 radical (unpaired) electrons. The van der Waals surface area contributed by atoms with Crippen molar-refractivity contribution in [3.05, 3.63) is 105 Å². The molecule has 1 spiro atoms. The number of hydrogen-bond acceptors (Lipinski definition) is 17. The molecule has 4 N–H and O–H groups in total. The molecule has 4 aromatic heterocycles. The highest BCUT2D eigenvalue weighted by Crippen LogP contribution is 2.67. The molecule has 23 nitrogen and oxygen atoms in total. The number of fused-ring (bicyclic) bond motifs is 5. The number of alkyl halides is 3. The Labute approximate surface area is 489 Å². The van der Waals surface area contributed by atoms with Crippen molar-refractivity contribution in [1.82, 2.24) is 39.0 Å². The van der Waals surface area contributed by atoms with Crippen LogP contribution in [0.1, 0.15) is 124 Å². The quantitative estimate of drug-likeness (QED) is 0.0335. The van der Waals surface area contributed by atoms with E-state index in [4.69, 9.17) is 32.3 Å². The number of nitrogens with zero attached hydrogens (tertiary/aromatic N) is 6. The smallest absolute Gasteiger partial charge is 0.408 e. The number of hydrogen-bond donors (Lipinski definition) is 4. The van der Waals surface area contributed by atoms with Crippen molar-refractivity contribution in [2.24, 2.45) is 11.8 Å². The van der Waals surface area contributed by atoms with Gasteiger partial charge < -0.3 is 28.1 Å². The highest BCUT2D eigenvalue weighted by molar-refractivity contribution is 7.87. The van der Waals surface area contributed by atoms with Gasteiger partial charge >= 0.3 is 15.6 Å². The van der Waals surface area contributed by atoms with Crippen LogP contribution in [0.4, 0.5) is 25.1 Å². The van der Waals surface area contributed by atoms with Gasteiger partial charge in [-0.1, -0.05) is 123 Å². The van der Waals surface area contributed by atoms with E-state index >= 15 is 0 Å². The first kappa shape index (κ1) is 61.8. The van der Waals surface area contributed by atoms with Crippen LogP contribution >= 0.6 is 0 Å². The Morgan fingerprint density at radius 2 is 1.18 bits per heavy atom. The van der Waals surface area contributed by atoms with Crippen molar-refractivity contribution in [1.29, 1.82) is 0 Å². The Morgan fingerprint density at radius 1 is 0.718 bits per heavy atom. The van der Waals surface area contributed by atoms with Crippen molar-refractivity contribution >= 4 is 64.5 Å². The number of nitrogens with one attached hydrogen (secondary N) is 4. The molecule has 3 aliphatic heterocycles. The second kappa shape index (κ2) is 22.5. The number of rotatable bonds is 19. The van der Waals surface area contributed by atoms with Crippen molar-refractivity contribution in [2.75, 3.05) is 10.6 Å². The van der Waals surface area contributed by atoms with Gasteiger partial charge in [0.25, 0.3) is 11.1 Å². The van der Waals surface area contributed by atoms with Crippen LogP contribution in [0.15, 0.2) is 82.9 Å². The summed E-state index contributed by atoms with van der Waals surface area (Å²) in [5.74, 6) is -1.62. The van der Waals surface area contributed by atoms with Gasteiger partial charge in [-0.2, -0.15) is 31.6 Å². The number of amides is 2. The normalized spacial score (nSPS) is 25.9. The monoisotopic (exact) mass is 1220 g/mol. The molecule has 85 heavy (non-hydrogen) atoms. The molecule has 3 saturated heterocycles. The van der Waals surface area contributed by atoms with Crippen molar-refractivity contribution in [3.63, 3.8) is 0 Å². The van der Waals surface area contributed by atoms with E-state index in [0.717, 1.165) is 35.7 Å². The van der Waals surface area contributed by atoms with Crippen molar-refractivity contribution < 1.29 is 63.5 Å². The zero-order valence-electron chi connectivity index (χ0n) is 49.2. The fourth-order valence-corrected chi connectivity index (χ4v) is 13.8. The number of aromatic amines is 2. The Balaban J connectivity index is 0.000000200. The fourth-order valence-electron chi connectivity index (χ4n) is 11.6. The largest absolute Gasteiger partial charge is 0.523 e. The number of carbonyl (C=O) groups excluding carboxylic acids is 2. The molecule has 5 aliphatic rings. The highest BCUT2D eigenvalue weighted by Gasteiger charge is 2.78. The summed E-state index contributed by atoms with van der Waals surface area (Å²) in [7, 11) is -8.82. The zero-order valence-corrected chi connectivity index (χ0v) is 51.1. The maximum atomic E-state index is 14.0. The molecular weight excluding hydrogens is 1150 g/mol. The molecule has 2 unspecified atom stereocenters. The van der Waals surface area contributed by atoms with E-state index in [1.54, 1.807) is 75.8 Å². The summed E-state index contributed by atoms with van der Waals surface area (Å²) < 4.78 is 116. The van der Waals surface area contributed by atoms with Crippen molar-refractivity contribution in [3.8, 4) is 0 Å². The van der Waals surface area contributed by atoms with Crippen LogP contribution in [0.25, 0.3) is 22.3 Å². The fraction of sp³-hybridized carbons (Fsp3) is 0.579. The summed E-state index contributed by atoms with van der Waals surface area (Å²) >= 11 is 0. The van der Waals surface area contributed by atoms with Gasteiger partial charge in [0.15, 0.2) is 49.2 Å². The summed E-state index contributed by atoms with van der Waals surface area (Å²) in [4.78, 5) is 72.7. The third-order valence-corrected chi connectivity index (χ3v) is 22.9. The minimum atomic E-state index is -6.23. The molecule has 460 valence electrons. The van der Waals surface area contributed by atoms with Gasteiger partial charge in [0.2, 0.25) is 23.7 Å². The van der Waals surface area contributed by atoms with Gasteiger partial charge in [0.05, 0.1) is 31.5 Å². The van der Waals surface area contributed by atoms with E-state index in [-0.39, 0.29) is 76.3 Å². The van der Waals surface area contributed by atoms with Gasteiger partial charge in [0.1, 0.15) is 35.1 Å². The lowest BCUT2D eigenvalue weighted by molar-refractivity contribution is -0.224. The Hall–Kier alpha value is -6.24. The zero-order chi connectivity index (χ0) is 61.5. The first-order valence-corrected chi connectivity index (χ1v) is 32.9. The van der Waals surface area contributed by atoms with E-state index < -0.39 is 88.4 Å². The van der Waals surface area contributed by atoms with E-state index in [0.29, 0.717) is 30.7 Å². The molecular formula is C57H73F3N10O13SSi. The Morgan fingerprint density at radius 3 is 1.60 bits per heavy atom. The molecule has 2 saturated carbocycles. The predicted molar refractivity (Wildman–Crippen MR) is 306 cm³/mol. The summed E-state index contributed by atoms with van der Waals surface area (Å²) in [5, 5.41) is 4.89. The van der Waals surface area contributed by atoms with Crippen LogP contribution < -0.4 is 21.8 Å². The summed E-state index contributed by atoms with van der Waals surface area (Å²) in [6.07, 6.45) is 0.00503. The number of carbonyl (C=O) groups is 2. The van der Waals surface area contributed by atoms with Gasteiger partial charge in [-0.25, -0.2) is 9.97 Å². The van der Waals surface area contributed by atoms with E-state index in [9.17, 15) is 40.8 Å². The lowest BCUT2D eigenvalue weighted by atomic mass is 9.84. The van der Waals surface area contributed by atoms with Crippen LogP contribution in [0, 0.1) is 11.8 Å². The summed E-state index contributed by atoms with van der Waals surface area (Å²) in [6, 6.07) is 18.9. The minimum absolute atomic E-state index is 0.0766. The highest BCUT2D eigenvalue weighted by atomic mass is 32.2. The minimum Gasteiger partial charge on any atom is -0.408 e. The molecule has 11 rings (SSSR count). The Kier molecular flexibility index (Phi) is 16.4. The number of ether oxygens (including phenoxy) is 5. The molecule has 28 heteroatoms. The third kappa shape index (κ3) is 11.2. The number of halogens is 3. The van der Waals surface area contributed by atoms with Crippen LogP contribution in [-0.2, 0) is 65.2 Å². The SMILES string of the molecule is CC[C@@]1(C2(O[Si](C)(C)C(C)(C)C)CC2)O[C@@H](n2cnc3c(=O)[nH]c(NC(=O)C(C)C)nc32)C(OS(=O)(=O)C(F)(F)F)[C@H]1OCc1ccccc1.CC[C@]12O[C@@H](n3cnc4c(=O)[nH]c(NC(=O)C(C)C)nc43)C(OC13CC3)[C@H]2OCc1ccccc1. The second-order valence-corrected chi connectivity index (χ2v) is 30.9. The molecule has 2 bridgehead atoms. The summed E-state index contributed by atoms with van der Waals surface area (Å²) in [6.45, 7) is 21.2. The number of imidazole rings is 2. The van der Waals surface area contributed by atoms with Gasteiger partial charge in [-0.05, 0) is 67.8 Å². The molecule has 8 atom stereocenters. The topological polar surface area (TPSA) is 284 Å². The lowest BCUT2D eigenvalue weighted by Gasteiger charge is -2.47. The molecule has 2 amide bonds. The van der Waals surface area contributed by atoms with Crippen molar-refractivity contribution in [2.45, 2.75) is 197 Å².